The Hall–Kier alpha value is -0.890. The molecule has 0 amide bonds. The molecular weight excluding hydrogens is 202 g/mol. The first-order valence-electron chi connectivity index (χ1n) is 3.36. The Balaban J connectivity index is 0.000000720. The van der Waals surface area contributed by atoms with Crippen LogP contribution < -0.4 is 0 Å². The molecule has 1 heterocycles. The lowest BCUT2D eigenvalue weighted by Gasteiger charge is -1.96. The fourth-order valence-corrected chi connectivity index (χ4v) is 1.60. The van der Waals surface area contributed by atoms with E-state index in [1.54, 1.807) is 6.20 Å². The van der Waals surface area contributed by atoms with Crippen molar-refractivity contribution in [3.63, 3.8) is 0 Å². The molecule has 0 unspecified atom stereocenters. The van der Waals surface area contributed by atoms with Crippen LogP contribution in [0.2, 0.25) is 0 Å². The van der Waals surface area contributed by atoms with E-state index in [-0.39, 0.29) is 1.43 Å². The van der Waals surface area contributed by atoms with Crippen LogP contribution in [0, 0.1) is 0 Å². The summed E-state index contributed by atoms with van der Waals surface area (Å²) in [6.07, 6.45) is 3.66. The molecule has 0 saturated carbocycles. The minimum atomic E-state index is 0. The van der Waals surface area contributed by atoms with Gasteiger partial charge in [-0.15, -0.1) is 0 Å². The zero-order chi connectivity index (χ0) is 7.68. The zero-order valence-corrected chi connectivity index (χ0v) is 7.38. The second-order valence-electron chi connectivity index (χ2n) is 2.34. The topological polar surface area (TPSA) is 12.9 Å². The SMILES string of the molecule is Brc1cccc2cnccc12.[H+]. The van der Waals surface area contributed by atoms with Crippen molar-refractivity contribution in [2.75, 3.05) is 0 Å². The molecular formula is C9H7BrN+. The summed E-state index contributed by atoms with van der Waals surface area (Å²) in [7, 11) is 0. The monoisotopic (exact) mass is 208 g/mol. The highest BCUT2D eigenvalue weighted by Crippen LogP contribution is 2.21. The number of aromatic nitrogens is 1. The van der Waals surface area contributed by atoms with Crippen molar-refractivity contribution in [1.29, 1.82) is 0 Å². The third kappa shape index (κ3) is 1.14. The molecule has 0 aliphatic carbocycles. The molecule has 1 aromatic carbocycles. The molecule has 1 aromatic heterocycles. The lowest BCUT2D eigenvalue weighted by Crippen LogP contribution is -1.74. The Labute approximate surface area is 74.7 Å². The number of pyridine rings is 1. The van der Waals surface area contributed by atoms with Gasteiger partial charge in [0.25, 0.3) is 0 Å². The van der Waals surface area contributed by atoms with Crippen molar-refractivity contribution in [2.45, 2.75) is 0 Å². The van der Waals surface area contributed by atoms with Gasteiger partial charge in [-0.1, -0.05) is 28.1 Å². The van der Waals surface area contributed by atoms with Gasteiger partial charge in [-0.2, -0.15) is 0 Å². The van der Waals surface area contributed by atoms with E-state index in [0.29, 0.717) is 0 Å². The highest BCUT2D eigenvalue weighted by atomic mass is 79.9. The fraction of sp³-hybridized carbons (Fsp3) is 0. The van der Waals surface area contributed by atoms with Gasteiger partial charge >= 0.3 is 1.43 Å². The maximum Gasteiger partial charge on any atom is 1.00 e. The lowest BCUT2D eigenvalue weighted by molar-refractivity contribution is 1.36. The van der Waals surface area contributed by atoms with Crippen LogP contribution in [0.25, 0.3) is 10.8 Å². The van der Waals surface area contributed by atoms with Crippen LogP contribution in [0.1, 0.15) is 1.43 Å². The van der Waals surface area contributed by atoms with Gasteiger partial charge < -0.3 is 0 Å². The third-order valence-electron chi connectivity index (χ3n) is 1.63. The first-order chi connectivity index (χ1) is 5.38. The standard InChI is InChI=1S/C9H6BrN/c10-9-3-1-2-7-6-11-5-4-8(7)9/h1-6H/p+1. The van der Waals surface area contributed by atoms with Gasteiger partial charge in [-0.05, 0) is 17.5 Å². The normalized spacial score (nSPS) is 10.3. The average Bonchev–Trinajstić information content (AvgIpc) is 2.06. The Kier molecular flexibility index (Phi) is 1.62. The van der Waals surface area contributed by atoms with Gasteiger partial charge in [0, 0.05) is 22.3 Å². The average molecular weight is 209 g/mol. The molecule has 2 heteroatoms. The molecule has 54 valence electrons. The van der Waals surface area contributed by atoms with E-state index in [1.165, 1.54) is 10.8 Å². The van der Waals surface area contributed by atoms with Crippen LogP contribution in [-0.4, -0.2) is 4.98 Å². The quantitative estimate of drug-likeness (QED) is 0.649. The first kappa shape index (κ1) is 6.80. The van der Waals surface area contributed by atoms with Crippen LogP contribution in [0.3, 0.4) is 0 Å². The summed E-state index contributed by atoms with van der Waals surface area (Å²) < 4.78 is 1.12. The molecule has 0 spiro atoms. The molecule has 2 rings (SSSR count). The summed E-state index contributed by atoms with van der Waals surface area (Å²) in [5, 5.41) is 2.38. The minimum Gasteiger partial charge on any atom is -0.264 e. The van der Waals surface area contributed by atoms with Gasteiger partial charge in [0.15, 0.2) is 0 Å². The maximum absolute atomic E-state index is 4.03. The number of halogens is 1. The van der Waals surface area contributed by atoms with Gasteiger partial charge in [-0.25, -0.2) is 0 Å². The molecule has 0 aliphatic heterocycles. The van der Waals surface area contributed by atoms with Crippen LogP contribution in [0.5, 0.6) is 0 Å². The molecule has 1 nitrogen and oxygen atoms in total. The number of nitrogens with zero attached hydrogens (tertiary/aromatic N) is 1. The molecule has 0 radical (unpaired) electrons. The highest BCUT2D eigenvalue weighted by molar-refractivity contribution is 9.10. The van der Waals surface area contributed by atoms with E-state index in [9.17, 15) is 0 Å². The van der Waals surface area contributed by atoms with Crippen molar-refractivity contribution in [1.82, 2.24) is 4.98 Å². The van der Waals surface area contributed by atoms with Crippen molar-refractivity contribution in [2.24, 2.45) is 0 Å². The van der Waals surface area contributed by atoms with Gasteiger partial charge in [0.1, 0.15) is 0 Å². The number of rotatable bonds is 0. The summed E-state index contributed by atoms with van der Waals surface area (Å²) in [4.78, 5) is 4.03. The predicted octanol–water partition coefficient (Wildman–Crippen LogP) is 3.11. The van der Waals surface area contributed by atoms with Crippen molar-refractivity contribution in [3.8, 4) is 0 Å². The van der Waals surface area contributed by atoms with E-state index >= 15 is 0 Å². The number of hydrogen-bond donors (Lipinski definition) is 0. The maximum atomic E-state index is 4.03. The summed E-state index contributed by atoms with van der Waals surface area (Å²) in [5.41, 5.74) is 0. The van der Waals surface area contributed by atoms with Crippen LogP contribution in [0.15, 0.2) is 41.1 Å². The number of hydrogen-bond acceptors (Lipinski definition) is 1. The van der Waals surface area contributed by atoms with E-state index in [0.717, 1.165) is 4.47 Å². The highest BCUT2D eigenvalue weighted by Gasteiger charge is 1.94. The minimum absolute atomic E-state index is 0. The summed E-state index contributed by atoms with van der Waals surface area (Å²) >= 11 is 3.47. The molecule has 0 saturated heterocycles. The number of benzene rings is 1. The van der Waals surface area contributed by atoms with Crippen LogP contribution >= 0.6 is 15.9 Å². The largest absolute Gasteiger partial charge is 1.00 e. The lowest BCUT2D eigenvalue weighted by atomic mass is 10.2. The second-order valence-corrected chi connectivity index (χ2v) is 3.19. The summed E-state index contributed by atoms with van der Waals surface area (Å²) in [6, 6.07) is 8.09. The van der Waals surface area contributed by atoms with Gasteiger partial charge in [-0.3, -0.25) is 4.98 Å². The second kappa shape index (κ2) is 2.62. The molecule has 0 atom stereocenters. The Morgan fingerprint density at radius 1 is 1.27 bits per heavy atom. The van der Waals surface area contributed by atoms with Crippen molar-refractivity contribution in [3.05, 3.63) is 41.1 Å². The fourth-order valence-electron chi connectivity index (χ4n) is 1.08. The predicted molar refractivity (Wildman–Crippen MR) is 50.6 cm³/mol. The molecule has 11 heavy (non-hydrogen) atoms. The van der Waals surface area contributed by atoms with Crippen molar-refractivity contribution >= 4 is 26.7 Å². The molecule has 0 bridgehead atoms. The van der Waals surface area contributed by atoms with Gasteiger partial charge in [0.2, 0.25) is 0 Å². The molecule has 2 aromatic rings. The van der Waals surface area contributed by atoms with E-state index in [1.807, 2.05) is 30.5 Å². The first-order valence-corrected chi connectivity index (χ1v) is 4.15. The Bertz CT molecular complexity index is 384. The van der Waals surface area contributed by atoms with E-state index in [2.05, 4.69) is 20.9 Å². The molecule has 0 N–H and O–H groups in total. The third-order valence-corrected chi connectivity index (χ3v) is 2.32. The number of fused-ring (bicyclic) bond motifs is 1. The molecule has 0 aliphatic rings. The van der Waals surface area contributed by atoms with E-state index in [4.69, 9.17) is 0 Å². The van der Waals surface area contributed by atoms with Gasteiger partial charge in [0.05, 0.1) is 0 Å². The Morgan fingerprint density at radius 2 is 2.18 bits per heavy atom. The Morgan fingerprint density at radius 3 is 3.00 bits per heavy atom. The zero-order valence-electron chi connectivity index (χ0n) is 6.79. The van der Waals surface area contributed by atoms with E-state index < -0.39 is 0 Å². The smallest absolute Gasteiger partial charge is 0.264 e. The summed E-state index contributed by atoms with van der Waals surface area (Å²) in [5.74, 6) is 0. The summed E-state index contributed by atoms with van der Waals surface area (Å²) in [6.45, 7) is 0. The van der Waals surface area contributed by atoms with Crippen LogP contribution in [-0.2, 0) is 0 Å². The van der Waals surface area contributed by atoms with Crippen molar-refractivity contribution < 1.29 is 1.43 Å². The molecule has 0 fully saturated rings. The van der Waals surface area contributed by atoms with Crippen LogP contribution in [0.4, 0.5) is 0 Å².